The zero-order chi connectivity index (χ0) is 29.0. The first kappa shape index (κ1) is 26.0. The Labute approximate surface area is 245 Å². The van der Waals surface area contributed by atoms with Crippen molar-refractivity contribution in [2.75, 3.05) is 13.1 Å². The van der Waals surface area contributed by atoms with Gasteiger partial charge in [0.15, 0.2) is 0 Å². The average molecular weight is 567 g/mol. The summed E-state index contributed by atoms with van der Waals surface area (Å²) < 4.78 is 0. The van der Waals surface area contributed by atoms with E-state index in [0.29, 0.717) is 36.1 Å². The van der Waals surface area contributed by atoms with Gasteiger partial charge in [-0.2, -0.15) is 0 Å². The average Bonchev–Trinajstić information content (AvgIpc) is 3.56. The van der Waals surface area contributed by atoms with E-state index in [1.807, 2.05) is 22.2 Å². The van der Waals surface area contributed by atoms with E-state index in [1.165, 1.54) is 0 Å². The van der Waals surface area contributed by atoms with Crippen LogP contribution in [0.25, 0.3) is 0 Å². The molecule has 0 unspecified atom stereocenters. The van der Waals surface area contributed by atoms with E-state index in [-0.39, 0.29) is 34.2 Å². The number of H-pyrrole nitrogens is 2. The summed E-state index contributed by atoms with van der Waals surface area (Å²) in [5.41, 5.74) is 7.53. The number of nitrogens with one attached hydrogen (secondary N) is 2. The summed E-state index contributed by atoms with van der Waals surface area (Å²) in [6, 6.07) is 0. The first-order chi connectivity index (χ1) is 20.3. The van der Waals surface area contributed by atoms with E-state index < -0.39 is 0 Å². The Bertz CT molecular complexity index is 1520. The molecular formula is C34H38N4O4. The molecule has 0 radical (unpaired) electrons. The third-order valence-electron chi connectivity index (χ3n) is 11.2. The number of aryl methyl sites for hydroxylation is 2. The second-order valence-electron chi connectivity index (χ2n) is 13.6. The highest BCUT2D eigenvalue weighted by Crippen LogP contribution is 2.68. The van der Waals surface area contributed by atoms with E-state index in [4.69, 9.17) is 0 Å². The van der Waals surface area contributed by atoms with Crippen molar-refractivity contribution in [3.05, 3.63) is 69.6 Å². The molecule has 2 spiro atoms. The Kier molecular flexibility index (Phi) is 5.51. The number of nitrogens with zero attached hydrogens (tertiary/aromatic N) is 2. The molecule has 0 bridgehead atoms. The lowest BCUT2D eigenvalue weighted by Gasteiger charge is -2.28. The van der Waals surface area contributed by atoms with Gasteiger partial charge in [-0.15, -0.1) is 0 Å². The number of rotatable bonds is 9. The van der Waals surface area contributed by atoms with Crippen molar-refractivity contribution in [3.63, 3.8) is 0 Å². The molecule has 42 heavy (non-hydrogen) atoms. The number of aromatic nitrogens is 2. The zero-order valence-corrected chi connectivity index (χ0v) is 24.5. The third kappa shape index (κ3) is 3.41. The van der Waals surface area contributed by atoms with Crippen molar-refractivity contribution < 1.29 is 19.2 Å². The number of ketones is 2. The summed E-state index contributed by atoms with van der Waals surface area (Å²) in [6.07, 6.45) is 16.1. The highest BCUT2D eigenvalue weighted by atomic mass is 16.2. The highest BCUT2D eigenvalue weighted by molar-refractivity contribution is 6.09. The molecule has 2 N–H and O–H groups in total. The number of piperidine rings is 2. The van der Waals surface area contributed by atoms with Crippen LogP contribution in [-0.4, -0.2) is 56.2 Å². The molecule has 8 nitrogen and oxygen atoms in total. The van der Waals surface area contributed by atoms with Gasteiger partial charge in [0.05, 0.1) is 11.4 Å². The van der Waals surface area contributed by atoms with Crippen LogP contribution in [0.3, 0.4) is 0 Å². The van der Waals surface area contributed by atoms with Crippen molar-refractivity contribution in [1.29, 1.82) is 0 Å². The number of hydrogen-bond donors (Lipinski definition) is 2. The van der Waals surface area contributed by atoms with Gasteiger partial charge in [0.1, 0.15) is 0 Å². The predicted molar refractivity (Wildman–Crippen MR) is 156 cm³/mol. The molecular weight excluding hydrogens is 528 g/mol. The lowest BCUT2D eigenvalue weighted by Crippen LogP contribution is -2.33. The molecule has 8 rings (SSSR count). The lowest BCUT2D eigenvalue weighted by molar-refractivity contribution is -0.130. The fraction of sp³-hybridized carbons (Fsp3) is 0.529. The first-order valence-electron chi connectivity index (χ1n) is 15.8. The summed E-state index contributed by atoms with van der Waals surface area (Å²) in [4.78, 5) is 61.9. The maximum absolute atomic E-state index is 13.2. The standard InChI is InChI=1S/C34H38N4O4/c1-19-15-35-31-23(39)11-25-33(29(19)31)13-21(33)17-37(25)27(41)9-7-5-3-4-6-8-10-28(42)38-18-22-14-34(22)26(38)12-24(40)32-30(34)20(2)16-36-32/h11-12,15-16,21-22,35-36H,3-10,13-14,17-18H2,1-2H3/t21-,22-,33+,34+/m1/s1. The highest BCUT2D eigenvalue weighted by Gasteiger charge is 2.69. The van der Waals surface area contributed by atoms with E-state index >= 15 is 0 Å². The van der Waals surface area contributed by atoms with Crippen molar-refractivity contribution in [1.82, 2.24) is 19.8 Å². The van der Waals surface area contributed by atoms with Crippen LogP contribution in [0, 0.1) is 25.7 Å². The molecule has 4 heterocycles. The number of aromatic amines is 2. The Balaban J connectivity index is 0.775. The number of likely N-dealkylation sites (tertiary alicyclic amines) is 2. The molecule has 2 saturated carbocycles. The molecule has 2 aromatic heterocycles. The van der Waals surface area contributed by atoms with Gasteiger partial charge in [0.25, 0.3) is 0 Å². The van der Waals surface area contributed by atoms with Crippen LogP contribution >= 0.6 is 0 Å². The number of allylic oxidation sites excluding steroid dienone is 4. The number of fused-ring (bicyclic) bond motifs is 2. The summed E-state index contributed by atoms with van der Waals surface area (Å²) in [5.74, 6) is 1.11. The Morgan fingerprint density at radius 1 is 0.714 bits per heavy atom. The van der Waals surface area contributed by atoms with Gasteiger partial charge in [-0.3, -0.25) is 19.2 Å². The van der Waals surface area contributed by atoms with E-state index in [0.717, 1.165) is 98.1 Å². The van der Waals surface area contributed by atoms with Crippen molar-refractivity contribution in [2.45, 2.75) is 88.9 Å². The Hall–Kier alpha value is -3.68. The van der Waals surface area contributed by atoms with Gasteiger partial charge in [0.2, 0.25) is 23.4 Å². The molecule has 6 aliphatic rings. The number of unbranched alkanes of at least 4 members (excludes halogenated alkanes) is 5. The van der Waals surface area contributed by atoms with Gasteiger partial charge in [-0.25, -0.2) is 0 Å². The quantitative estimate of drug-likeness (QED) is 0.410. The van der Waals surface area contributed by atoms with Gasteiger partial charge >= 0.3 is 0 Å². The van der Waals surface area contributed by atoms with Crippen LogP contribution in [0.1, 0.15) is 107 Å². The number of carbonyl (C=O) groups is 4. The van der Waals surface area contributed by atoms with Crippen molar-refractivity contribution in [3.8, 4) is 0 Å². The zero-order valence-electron chi connectivity index (χ0n) is 24.5. The van der Waals surface area contributed by atoms with Crippen LogP contribution in [0.2, 0.25) is 0 Å². The second kappa shape index (κ2) is 8.91. The van der Waals surface area contributed by atoms with Crippen molar-refractivity contribution >= 4 is 23.4 Å². The minimum atomic E-state index is -0.122. The summed E-state index contributed by atoms with van der Waals surface area (Å²) in [6.45, 7) is 5.56. The third-order valence-corrected chi connectivity index (χ3v) is 11.2. The van der Waals surface area contributed by atoms with E-state index in [1.54, 1.807) is 12.2 Å². The van der Waals surface area contributed by atoms with Gasteiger partial charge in [0, 0.05) is 72.7 Å². The van der Waals surface area contributed by atoms with E-state index in [9.17, 15) is 19.2 Å². The maximum Gasteiger partial charge on any atom is 0.226 e. The van der Waals surface area contributed by atoms with Gasteiger partial charge < -0.3 is 19.8 Å². The molecule has 2 amide bonds. The van der Waals surface area contributed by atoms with Crippen LogP contribution in [-0.2, 0) is 20.4 Å². The van der Waals surface area contributed by atoms with E-state index in [2.05, 4.69) is 23.8 Å². The molecule has 0 aromatic carbocycles. The van der Waals surface area contributed by atoms with Crippen molar-refractivity contribution in [2.24, 2.45) is 11.8 Å². The summed E-state index contributed by atoms with van der Waals surface area (Å²) in [7, 11) is 0. The fourth-order valence-electron chi connectivity index (χ4n) is 9.11. The maximum atomic E-state index is 13.2. The number of hydrogen-bond acceptors (Lipinski definition) is 4. The molecule has 8 heteroatoms. The predicted octanol–water partition coefficient (Wildman–Crippen LogP) is 5.14. The molecule has 4 atom stereocenters. The second-order valence-corrected chi connectivity index (χ2v) is 13.6. The van der Waals surface area contributed by atoms with Gasteiger partial charge in [-0.1, -0.05) is 25.7 Å². The number of carbonyl (C=O) groups excluding carboxylic acids is 4. The largest absolute Gasteiger partial charge is 0.358 e. The minimum absolute atomic E-state index is 0.0163. The van der Waals surface area contributed by atoms with Crippen LogP contribution < -0.4 is 0 Å². The molecule has 2 saturated heterocycles. The monoisotopic (exact) mass is 566 g/mol. The lowest BCUT2D eigenvalue weighted by atomic mass is 9.83. The SMILES string of the molecule is Cc1c[nH]c2c1[C@@]13C[C@@H]1CN(C(=O)CCCCCCCCC(=O)N1C[C@H]4C[C@@]45C1=CC(=O)c1[nH]cc(C)c15)C3=CC2=O. The molecule has 218 valence electrons. The Morgan fingerprint density at radius 3 is 1.55 bits per heavy atom. The first-order valence-corrected chi connectivity index (χ1v) is 15.8. The molecule has 4 aliphatic carbocycles. The van der Waals surface area contributed by atoms with Gasteiger partial charge in [-0.05, 0) is 73.6 Å². The van der Waals surface area contributed by atoms with Crippen LogP contribution in [0.5, 0.6) is 0 Å². The van der Waals surface area contributed by atoms with Crippen LogP contribution in [0.4, 0.5) is 0 Å². The molecule has 4 fully saturated rings. The molecule has 2 aromatic rings. The normalized spacial score (nSPS) is 29.3. The topological polar surface area (TPSA) is 106 Å². The summed E-state index contributed by atoms with van der Waals surface area (Å²) >= 11 is 0. The summed E-state index contributed by atoms with van der Waals surface area (Å²) in [5, 5.41) is 0. The van der Waals surface area contributed by atoms with Crippen LogP contribution in [0.15, 0.2) is 35.9 Å². The smallest absolute Gasteiger partial charge is 0.226 e. The minimum Gasteiger partial charge on any atom is -0.358 e. The Morgan fingerprint density at radius 2 is 1.12 bits per heavy atom. The fourth-order valence-corrected chi connectivity index (χ4v) is 9.11. The number of amides is 2. The molecule has 2 aliphatic heterocycles.